The lowest BCUT2D eigenvalue weighted by Gasteiger charge is -2.10. The number of hydrogen-bond acceptors (Lipinski definition) is 1. The zero-order valence-electron chi connectivity index (χ0n) is 18.5. The van der Waals surface area contributed by atoms with Gasteiger partial charge in [-0.2, -0.15) is 5.26 Å². The average molecular weight is 444 g/mol. The van der Waals surface area contributed by atoms with Gasteiger partial charge in [-0.05, 0) is 84.0 Å². The van der Waals surface area contributed by atoms with Gasteiger partial charge in [-0.3, -0.25) is 0 Å². The number of aryl methyl sites for hydroxylation is 4. The molecule has 0 spiro atoms. The Bertz CT molecular complexity index is 1310. The van der Waals surface area contributed by atoms with E-state index in [1.165, 1.54) is 12.1 Å². The van der Waals surface area contributed by atoms with Gasteiger partial charge in [-0.1, -0.05) is 49.4 Å². The van der Waals surface area contributed by atoms with Gasteiger partial charge in [0.25, 0.3) is 0 Å². The fourth-order valence-corrected chi connectivity index (χ4v) is 4.13. The molecule has 0 saturated heterocycles. The Morgan fingerprint density at radius 2 is 1.36 bits per heavy atom. The van der Waals surface area contributed by atoms with Crippen LogP contribution in [0.1, 0.15) is 40.3 Å². The molecule has 0 atom stereocenters. The molecule has 0 aliphatic rings. The van der Waals surface area contributed by atoms with Crippen molar-refractivity contribution in [3.05, 3.63) is 118 Å². The molecule has 166 valence electrons. The number of nitriles is 1. The van der Waals surface area contributed by atoms with E-state index >= 15 is 4.39 Å². The first-order chi connectivity index (χ1) is 16.0. The normalized spacial score (nSPS) is 11.0. The van der Waals surface area contributed by atoms with E-state index in [1.807, 2.05) is 37.3 Å². The lowest BCUT2D eigenvalue weighted by molar-refractivity contribution is 0.551. The molecule has 0 fully saturated rings. The highest BCUT2D eigenvalue weighted by atomic mass is 19.1. The molecule has 4 aromatic carbocycles. The second-order valence-corrected chi connectivity index (χ2v) is 8.29. The van der Waals surface area contributed by atoms with Crippen LogP contribution in [0.5, 0.6) is 0 Å². The fraction of sp³-hybridized carbons (Fsp3) is 0.207. The number of fused-ring (bicyclic) bond motifs is 1. The molecule has 0 radical (unpaired) electrons. The van der Waals surface area contributed by atoms with E-state index in [2.05, 4.69) is 6.07 Å². The van der Waals surface area contributed by atoms with Crippen molar-refractivity contribution in [1.82, 2.24) is 0 Å². The molecular formula is C29H24F3N. The van der Waals surface area contributed by atoms with Crippen LogP contribution in [0.4, 0.5) is 13.2 Å². The first-order valence-corrected chi connectivity index (χ1v) is 11.1. The Hall–Kier alpha value is -3.58. The third-order valence-corrected chi connectivity index (χ3v) is 6.14. The van der Waals surface area contributed by atoms with Gasteiger partial charge < -0.3 is 0 Å². The molecule has 0 amide bonds. The van der Waals surface area contributed by atoms with E-state index in [4.69, 9.17) is 5.26 Å². The van der Waals surface area contributed by atoms with Crippen LogP contribution in [0.3, 0.4) is 0 Å². The molecule has 0 aliphatic carbocycles. The third-order valence-electron chi connectivity index (χ3n) is 6.14. The van der Waals surface area contributed by atoms with Gasteiger partial charge >= 0.3 is 0 Å². The van der Waals surface area contributed by atoms with Gasteiger partial charge in [0.1, 0.15) is 17.5 Å². The average Bonchev–Trinajstić information content (AvgIpc) is 2.83. The van der Waals surface area contributed by atoms with Gasteiger partial charge in [0.15, 0.2) is 0 Å². The molecule has 0 N–H and O–H groups in total. The van der Waals surface area contributed by atoms with Gasteiger partial charge in [-0.25, -0.2) is 13.2 Å². The first-order valence-electron chi connectivity index (χ1n) is 11.1. The topological polar surface area (TPSA) is 23.8 Å². The quantitative estimate of drug-likeness (QED) is 0.295. The van der Waals surface area contributed by atoms with E-state index < -0.39 is 11.6 Å². The summed E-state index contributed by atoms with van der Waals surface area (Å²) in [5.41, 5.74) is 3.94. The van der Waals surface area contributed by atoms with E-state index in [9.17, 15) is 8.78 Å². The number of hydrogen-bond donors (Lipinski definition) is 0. The maximum atomic E-state index is 15.1. The summed E-state index contributed by atoms with van der Waals surface area (Å²) in [7, 11) is 0. The Morgan fingerprint density at radius 3 is 2.03 bits per heavy atom. The summed E-state index contributed by atoms with van der Waals surface area (Å²) in [4.78, 5) is 0. The SMILES string of the molecule is CCc1cc(F)c(CCc2ccc3c(F)c(CCc4ccc(C#N)cc4)ccc3c2)c(F)c1. The highest BCUT2D eigenvalue weighted by molar-refractivity contribution is 5.84. The van der Waals surface area contributed by atoms with E-state index in [-0.39, 0.29) is 17.8 Å². The zero-order valence-corrected chi connectivity index (χ0v) is 18.5. The Kier molecular flexibility index (Phi) is 6.79. The van der Waals surface area contributed by atoms with Crippen molar-refractivity contribution in [3.63, 3.8) is 0 Å². The molecule has 0 heterocycles. The minimum Gasteiger partial charge on any atom is -0.207 e. The maximum absolute atomic E-state index is 15.1. The largest absolute Gasteiger partial charge is 0.207 e. The molecule has 4 rings (SSSR count). The minimum absolute atomic E-state index is 0.0941. The van der Waals surface area contributed by atoms with Crippen LogP contribution in [0.25, 0.3) is 10.8 Å². The summed E-state index contributed by atoms with van der Waals surface area (Å²) in [6, 6.07) is 21.4. The zero-order chi connectivity index (χ0) is 23.4. The van der Waals surface area contributed by atoms with Crippen LogP contribution in [0, 0.1) is 28.8 Å². The van der Waals surface area contributed by atoms with Crippen LogP contribution < -0.4 is 0 Å². The summed E-state index contributed by atoms with van der Waals surface area (Å²) in [5.74, 6) is -1.25. The van der Waals surface area contributed by atoms with Gasteiger partial charge in [0.2, 0.25) is 0 Å². The maximum Gasteiger partial charge on any atom is 0.134 e. The molecule has 0 aliphatic heterocycles. The van der Waals surface area contributed by atoms with Gasteiger partial charge in [0, 0.05) is 10.9 Å². The second kappa shape index (κ2) is 9.92. The molecule has 4 aromatic rings. The monoisotopic (exact) mass is 443 g/mol. The lowest BCUT2D eigenvalue weighted by Crippen LogP contribution is -2.01. The van der Waals surface area contributed by atoms with Crippen LogP contribution >= 0.6 is 0 Å². The lowest BCUT2D eigenvalue weighted by atomic mass is 9.96. The highest BCUT2D eigenvalue weighted by Crippen LogP contribution is 2.25. The number of nitrogens with zero attached hydrogens (tertiary/aromatic N) is 1. The summed E-state index contributed by atoms with van der Waals surface area (Å²) < 4.78 is 43.7. The summed E-state index contributed by atoms with van der Waals surface area (Å²) in [6.07, 6.45) is 2.54. The molecule has 4 heteroatoms. The van der Waals surface area contributed by atoms with Gasteiger partial charge in [-0.15, -0.1) is 0 Å². The van der Waals surface area contributed by atoms with Crippen LogP contribution in [0.2, 0.25) is 0 Å². The van der Waals surface area contributed by atoms with Crippen molar-refractivity contribution in [3.8, 4) is 6.07 Å². The van der Waals surface area contributed by atoms with Crippen molar-refractivity contribution in [2.24, 2.45) is 0 Å². The Morgan fingerprint density at radius 1 is 0.697 bits per heavy atom. The number of halogens is 3. The van der Waals surface area contributed by atoms with Crippen molar-refractivity contribution >= 4 is 10.8 Å². The fourth-order valence-electron chi connectivity index (χ4n) is 4.13. The van der Waals surface area contributed by atoms with E-state index in [1.54, 1.807) is 24.3 Å². The number of benzene rings is 4. The van der Waals surface area contributed by atoms with Crippen molar-refractivity contribution < 1.29 is 13.2 Å². The summed E-state index contributed by atoms with van der Waals surface area (Å²) in [6.45, 7) is 1.86. The Labute approximate surface area is 192 Å². The predicted octanol–water partition coefficient (Wildman–Crippen LogP) is 7.26. The molecular weight excluding hydrogens is 419 g/mol. The van der Waals surface area contributed by atoms with Crippen LogP contribution in [-0.2, 0) is 32.1 Å². The first kappa shape index (κ1) is 22.6. The summed E-state index contributed by atoms with van der Waals surface area (Å²) >= 11 is 0. The van der Waals surface area contributed by atoms with E-state index in [0.717, 1.165) is 16.5 Å². The number of rotatable bonds is 7. The molecule has 0 aromatic heterocycles. The predicted molar refractivity (Wildman–Crippen MR) is 126 cm³/mol. The molecule has 33 heavy (non-hydrogen) atoms. The smallest absolute Gasteiger partial charge is 0.134 e. The van der Waals surface area contributed by atoms with Crippen LogP contribution in [0.15, 0.2) is 66.7 Å². The highest BCUT2D eigenvalue weighted by Gasteiger charge is 2.12. The van der Waals surface area contributed by atoms with Gasteiger partial charge in [0.05, 0.1) is 11.6 Å². The third kappa shape index (κ3) is 5.09. The molecule has 1 nitrogen and oxygen atoms in total. The Balaban J connectivity index is 1.48. The molecule has 0 saturated carbocycles. The van der Waals surface area contributed by atoms with Crippen LogP contribution in [-0.4, -0.2) is 0 Å². The standard InChI is InChI=1S/C29H24F3N/c1-2-19-16-27(30)26(28(31)17-19)14-9-21-8-13-25-24(15-21)12-11-23(29(25)32)10-7-20-3-5-22(18-33)6-4-20/h3-6,8,11-13,15-17H,2,7,9-10,14H2,1H3. The second-order valence-electron chi connectivity index (χ2n) is 8.29. The molecule has 0 bridgehead atoms. The summed E-state index contributed by atoms with van der Waals surface area (Å²) in [5, 5.41) is 10.2. The van der Waals surface area contributed by atoms with Crippen molar-refractivity contribution in [2.45, 2.75) is 39.0 Å². The molecule has 0 unspecified atom stereocenters. The van der Waals surface area contributed by atoms with E-state index in [0.29, 0.717) is 47.8 Å². The van der Waals surface area contributed by atoms with Crippen molar-refractivity contribution in [1.29, 1.82) is 5.26 Å². The van der Waals surface area contributed by atoms with Crippen molar-refractivity contribution in [2.75, 3.05) is 0 Å². The minimum atomic E-state index is -0.509.